The number of carboxylic acid groups (broad SMARTS) is 2. The minimum Gasteiger partial charge on any atom is -0.481 e. The summed E-state index contributed by atoms with van der Waals surface area (Å²) in [7, 11) is 1.72. The summed E-state index contributed by atoms with van der Waals surface area (Å²) < 4.78 is 18.3. The number of carbonyl (C=O) groups is 2. The van der Waals surface area contributed by atoms with E-state index in [1.54, 1.807) is 7.11 Å². The highest BCUT2D eigenvalue weighted by Gasteiger charge is 2.80. The average molecular weight is 832 g/mol. The van der Waals surface area contributed by atoms with Crippen LogP contribution in [0.2, 0.25) is 0 Å². The second-order valence-corrected chi connectivity index (χ2v) is 21.8. The Kier molecular flexibility index (Phi) is 9.99. The van der Waals surface area contributed by atoms with E-state index in [9.17, 15) is 35.1 Å². The van der Waals surface area contributed by atoms with Crippen LogP contribution in [-0.4, -0.2) is 93.0 Å². The average Bonchev–Trinajstić information content (AvgIpc) is 3.65. The van der Waals surface area contributed by atoms with Gasteiger partial charge in [0.15, 0.2) is 12.4 Å². The van der Waals surface area contributed by atoms with Crippen molar-refractivity contribution in [3.05, 3.63) is 59.5 Å². The molecule has 1 aliphatic heterocycles. The summed E-state index contributed by atoms with van der Waals surface area (Å²) >= 11 is 0. The lowest BCUT2D eigenvalue weighted by Crippen LogP contribution is -2.74. The molecular weight excluding hydrogens is 763 g/mol. The molecule has 2 heterocycles. The number of fused-ring (bicyclic) bond motifs is 2. The van der Waals surface area contributed by atoms with E-state index in [0.717, 1.165) is 77.0 Å². The number of aliphatic hydroxyl groups is 3. The van der Waals surface area contributed by atoms with E-state index in [4.69, 9.17) is 14.2 Å². The van der Waals surface area contributed by atoms with Gasteiger partial charge in [-0.25, -0.2) is 4.79 Å². The zero-order chi connectivity index (χ0) is 42.9. The molecule has 8 aliphatic rings. The molecule has 0 radical (unpaired) electrons. The zero-order valence-electron chi connectivity index (χ0n) is 36.5. The predicted octanol–water partition coefficient (Wildman–Crippen LogP) is 7.15. The van der Waals surface area contributed by atoms with Crippen LogP contribution >= 0.6 is 0 Å². The molecule has 4 saturated carbocycles. The molecule has 5 fully saturated rings. The molecule has 0 aromatic carbocycles. The molecule has 6 N–H and O–H groups in total. The third-order valence-corrected chi connectivity index (χ3v) is 19.5. The van der Waals surface area contributed by atoms with Crippen LogP contribution in [0.5, 0.6) is 0 Å². The number of methoxy groups -OCH3 is 1. The number of aliphatic carboxylic acids is 2. The van der Waals surface area contributed by atoms with Crippen LogP contribution in [0.15, 0.2) is 48.3 Å². The van der Waals surface area contributed by atoms with Gasteiger partial charge in [-0.2, -0.15) is 0 Å². The van der Waals surface area contributed by atoms with Crippen LogP contribution in [0.25, 0.3) is 0 Å². The normalized spacial score (nSPS) is 48.5. The molecule has 330 valence electrons. The summed E-state index contributed by atoms with van der Waals surface area (Å²) in [5, 5.41) is 53.6. The Hall–Kier alpha value is -2.80. The fraction of sp³-hybridized carbons (Fsp3) is 0.755. The molecule has 11 nitrogen and oxygen atoms in total. The summed E-state index contributed by atoms with van der Waals surface area (Å²) in [5.74, 6) is -2.02. The minimum absolute atomic E-state index is 0.0146. The Bertz CT molecular complexity index is 1990. The topological polar surface area (TPSA) is 179 Å². The van der Waals surface area contributed by atoms with Crippen molar-refractivity contribution in [3.63, 3.8) is 0 Å². The molecule has 2 spiro atoms. The Labute approximate surface area is 355 Å². The molecule has 15 unspecified atom stereocenters. The number of aromatic amines is 1. The third-order valence-electron chi connectivity index (χ3n) is 19.5. The molecular formula is C49H69NO10. The maximum atomic E-state index is 14.1. The zero-order valence-corrected chi connectivity index (χ0v) is 36.5. The fourth-order valence-corrected chi connectivity index (χ4v) is 17.0. The molecule has 7 aliphatic carbocycles. The Morgan fingerprint density at radius 1 is 0.900 bits per heavy atom. The molecule has 1 aromatic rings. The fourth-order valence-electron chi connectivity index (χ4n) is 17.0. The van der Waals surface area contributed by atoms with E-state index >= 15 is 0 Å². The van der Waals surface area contributed by atoms with Gasteiger partial charge in [-0.3, -0.25) is 4.79 Å². The number of nitrogens with one attached hydrogen (secondary N) is 1. The van der Waals surface area contributed by atoms with Crippen LogP contribution < -0.4 is 0 Å². The molecule has 15 atom stereocenters. The van der Waals surface area contributed by atoms with Gasteiger partial charge in [0.25, 0.3) is 0 Å². The predicted molar refractivity (Wildman–Crippen MR) is 223 cm³/mol. The van der Waals surface area contributed by atoms with E-state index in [1.165, 1.54) is 16.7 Å². The van der Waals surface area contributed by atoms with Crippen LogP contribution in [0.1, 0.15) is 123 Å². The number of carboxylic acids is 2. The maximum absolute atomic E-state index is 14.1. The van der Waals surface area contributed by atoms with Crippen molar-refractivity contribution in [1.82, 2.24) is 4.98 Å². The second-order valence-electron chi connectivity index (χ2n) is 21.8. The summed E-state index contributed by atoms with van der Waals surface area (Å²) in [4.78, 5) is 29.6. The van der Waals surface area contributed by atoms with Gasteiger partial charge in [-0.1, -0.05) is 70.6 Å². The van der Waals surface area contributed by atoms with Crippen molar-refractivity contribution < 1.29 is 49.3 Å². The number of ether oxygens (including phenoxy) is 3. The minimum atomic E-state index is -1.78. The van der Waals surface area contributed by atoms with E-state index in [-0.39, 0.29) is 38.9 Å². The van der Waals surface area contributed by atoms with Gasteiger partial charge in [-0.15, -0.1) is 0 Å². The van der Waals surface area contributed by atoms with Gasteiger partial charge >= 0.3 is 11.9 Å². The summed E-state index contributed by atoms with van der Waals surface area (Å²) in [6.07, 6.45) is 20.0. The van der Waals surface area contributed by atoms with E-state index in [2.05, 4.69) is 82.4 Å². The largest absolute Gasteiger partial charge is 0.481 e. The number of allylic oxidation sites excluding steroid dienone is 6. The molecule has 1 saturated heterocycles. The third kappa shape index (κ3) is 5.22. The van der Waals surface area contributed by atoms with Crippen molar-refractivity contribution in [3.8, 4) is 0 Å². The summed E-state index contributed by atoms with van der Waals surface area (Å²) in [5.41, 5.74) is 1.22. The number of aliphatic hydroxyl groups excluding tert-OH is 3. The van der Waals surface area contributed by atoms with Gasteiger partial charge in [0.1, 0.15) is 18.3 Å². The van der Waals surface area contributed by atoms with Crippen LogP contribution in [-0.2, 0) is 36.6 Å². The van der Waals surface area contributed by atoms with Crippen LogP contribution in [0, 0.1) is 55.2 Å². The van der Waals surface area contributed by atoms with Gasteiger partial charge in [-0.05, 0) is 129 Å². The number of aryl methyl sites for hydroxylation is 2. The maximum Gasteiger partial charge on any atom is 0.335 e. The van der Waals surface area contributed by atoms with Gasteiger partial charge in [0, 0.05) is 41.7 Å². The summed E-state index contributed by atoms with van der Waals surface area (Å²) in [6.45, 7) is 12.1. The SMILES string of the molecule is CCc1c[nH]cc1CCC12CCC(OC3OC(C(=O)O)C(O)C(O)C3O)C(C)(C)C1CCC1(C)C34CC=CC21CC=C3C12C=CCC(C)(CC(COC)C1(C(=O)O)CC4)C2. The standard InChI is InChI=1S/C49H69NO10/c1-7-29-25-50-26-30(29)10-19-46-20-13-34(59-40-37(53)35(51)36(52)38(60-40)39(54)55)42(2,3)32(46)11-18-44(5)45-15-9-17-48(44,46)21-12-33(45)47-16-8-14-43(4,28-47)24-31(27-58-6)49(47,23-22-45)41(56)57/h8-9,12,16-17,25-26,31-32,34-38,40,50-53H,7,10-11,13-15,18-24,27-28H2,1-6H3,(H,54,55)(H,56,57). The first kappa shape index (κ1) is 42.5. The molecule has 11 heteroatoms. The first-order valence-corrected chi connectivity index (χ1v) is 22.9. The molecule has 0 amide bonds. The lowest BCUT2D eigenvalue weighted by Gasteiger charge is -2.79. The van der Waals surface area contributed by atoms with E-state index < -0.39 is 65.0 Å². The highest BCUT2D eigenvalue weighted by molar-refractivity contribution is 5.80. The number of H-pyrrole nitrogens is 1. The van der Waals surface area contributed by atoms with Crippen molar-refractivity contribution in [2.75, 3.05) is 13.7 Å². The Morgan fingerprint density at radius 3 is 2.37 bits per heavy atom. The number of hydrogen-bond acceptors (Lipinski definition) is 8. The van der Waals surface area contributed by atoms with Crippen molar-refractivity contribution in [2.24, 2.45) is 55.2 Å². The first-order valence-electron chi connectivity index (χ1n) is 22.9. The van der Waals surface area contributed by atoms with Crippen molar-refractivity contribution in [2.45, 2.75) is 161 Å². The lowest BCUT2D eigenvalue weighted by molar-refractivity contribution is -0.329. The second kappa shape index (κ2) is 14.1. The molecule has 1 aromatic heterocycles. The lowest BCUT2D eigenvalue weighted by atomic mass is 9.24. The highest BCUT2D eigenvalue weighted by Crippen LogP contribution is 2.85. The van der Waals surface area contributed by atoms with E-state index in [1.807, 2.05) is 0 Å². The Morgan fingerprint density at radius 2 is 1.65 bits per heavy atom. The monoisotopic (exact) mass is 831 g/mol. The summed E-state index contributed by atoms with van der Waals surface area (Å²) in [6, 6.07) is 0. The van der Waals surface area contributed by atoms with Crippen LogP contribution in [0.4, 0.5) is 0 Å². The van der Waals surface area contributed by atoms with Crippen molar-refractivity contribution in [1.29, 1.82) is 0 Å². The smallest absolute Gasteiger partial charge is 0.335 e. The first-order chi connectivity index (χ1) is 28.4. The van der Waals surface area contributed by atoms with Gasteiger partial charge < -0.3 is 44.7 Å². The van der Waals surface area contributed by atoms with Crippen LogP contribution in [0.3, 0.4) is 0 Å². The quantitative estimate of drug-likeness (QED) is 0.105. The Balaban J connectivity index is 1.17. The highest BCUT2D eigenvalue weighted by atomic mass is 16.7. The number of aromatic nitrogens is 1. The van der Waals surface area contributed by atoms with Crippen molar-refractivity contribution >= 4 is 11.9 Å². The number of hydrogen-bond donors (Lipinski definition) is 6. The van der Waals surface area contributed by atoms with Gasteiger partial charge in [0.05, 0.1) is 18.1 Å². The molecule has 4 bridgehead atoms. The molecule has 60 heavy (non-hydrogen) atoms. The van der Waals surface area contributed by atoms with E-state index in [0.29, 0.717) is 19.4 Å². The number of rotatable bonds is 10. The van der Waals surface area contributed by atoms with Gasteiger partial charge in [0.2, 0.25) is 0 Å². The molecule has 9 rings (SSSR count).